The number of aromatic nitrogens is 2. The highest BCUT2D eigenvalue weighted by Crippen LogP contribution is 2.28. The zero-order valence-corrected chi connectivity index (χ0v) is 21.0. The maximum atomic E-state index is 10.4. The van der Waals surface area contributed by atoms with Crippen LogP contribution in [0.4, 0.5) is 0 Å². The third kappa shape index (κ3) is 6.62. The van der Waals surface area contributed by atoms with Crippen LogP contribution >= 0.6 is 0 Å². The lowest BCUT2D eigenvalue weighted by molar-refractivity contribution is -0.693. The molecule has 0 unspecified atom stereocenters. The van der Waals surface area contributed by atoms with Gasteiger partial charge >= 0.3 is 0 Å². The van der Waals surface area contributed by atoms with Crippen LogP contribution in [0.15, 0.2) is 88.6 Å². The summed E-state index contributed by atoms with van der Waals surface area (Å²) in [6.45, 7) is 11.5. The van der Waals surface area contributed by atoms with Crippen LogP contribution in [0.25, 0.3) is 22.8 Å². The molecule has 0 N–H and O–H groups in total. The minimum atomic E-state index is -4.27. The van der Waals surface area contributed by atoms with Crippen molar-refractivity contribution >= 4 is 10.1 Å². The van der Waals surface area contributed by atoms with Crippen LogP contribution in [-0.2, 0) is 22.1 Å². The van der Waals surface area contributed by atoms with Crippen molar-refractivity contribution in [1.29, 1.82) is 0 Å². The van der Waals surface area contributed by atoms with E-state index < -0.39 is 10.1 Å². The molecule has 34 heavy (non-hydrogen) atoms. The van der Waals surface area contributed by atoms with Gasteiger partial charge in [0.25, 0.3) is 0 Å². The van der Waals surface area contributed by atoms with Crippen LogP contribution in [0.1, 0.15) is 38.8 Å². The first kappa shape index (κ1) is 25.3. The molecule has 2 aromatic carbocycles. The van der Waals surface area contributed by atoms with Crippen LogP contribution < -0.4 is 4.57 Å². The molecule has 2 heterocycles. The van der Waals surface area contributed by atoms with Gasteiger partial charge in [-0.15, -0.1) is 0 Å². The lowest BCUT2D eigenvalue weighted by Crippen LogP contribution is -2.30. The number of hydrogen-bond donors (Lipinski definition) is 0. The maximum Gasteiger partial charge on any atom is 0.227 e. The average molecular weight is 479 g/mol. The summed E-state index contributed by atoms with van der Waals surface area (Å²) >= 11 is 0. The van der Waals surface area contributed by atoms with Gasteiger partial charge in [0, 0.05) is 23.3 Å². The topological polar surface area (TPSA) is 87.1 Å². The smallest absolute Gasteiger partial charge is 0.227 e. The van der Waals surface area contributed by atoms with Crippen molar-refractivity contribution in [3.8, 4) is 22.8 Å². The van der Waals surface area contributed by atoms with E-state index in [0.29, 0.717) is 5.89 Å². The van der Waals surface area contributed by atoms with Gasteiger partial charge in [-0.1, -0.05) is 62.7 Å². The fourth-order valence-corrected chi connectivity index (χ4v) is 3.66. The standard InChI is InChI=1S/C20H23N2O.C7H8O3S/c1-5-22-12-10-16(11-13-22)19-21-14-18(23-19)15-6-8-17(9-7-15)20(2,3)4;1-6-2-4-7(5-3-6)11(8,9)10/h6-14H,5H2,1-4H3;2-5H,1H3,(H,8,9,10)/q+1;/p-1. The second-order valence-electron chi connectivity index (χ2n) is 9.04. The highest BCUT2D eigenvalue weighted by atomic mass is 32.2. The second kappa shape index (κ2) is 10.3. The van der Waals surface area contributed by atoms with E-state index in [1.165, 1.54) is 17.7 Å². The minimum Gasteiger partial charge on any atom is -0.744 e. The third-order valence-electron chi connectivity index (χ3n) is 5.35. The van der Waals surface area contributed by atoms with Crippen LogP contribution in [-0.4, -0.2) is 18.0 Å². The highest BCUT2D eigenvalue weighted by Gasteiger charge is 2.14. The van der Waals surface area contributed by atoms with E-state index in [9.17, 15) is 13.0 Å². The SMILES string of the molecule is CC[n+]1ccc(-c2ncc(-c3ccc(C(C)(C)C)cc3)o2)cc1.Cc1ccc(S(=O)(=O)[O-])cc1. The fourth-order valence-electron chi connectivity index (χ4n) is 3.19. The van der Waals surface area contributed by atoms with E-state index in [4.69, 9.17) is 4.42 Å². The van der Waals surface area contributed by atoms with E-state index in [2.05, 4.69) is 61.5 Å². The second-order valence-corrected chi connectivity index (χ2v) is 10.4. The van der Waals surface area contributed by atoms with E-state index >= 15 is 0 Å². The monoisotopic (exact) mass is 478 g/mol. The van der Waals surface area contributed by atoms with E-state index in [1.54, 1.807) is 18.3 Å². The molecule has 0 aliphatic carbocycles. The first-order valence-electron chi connectivity index (χ1n) is 11.1. The summed E-state index contributed by atoms with van der Waals surface area (Å²) in [5.74, 6) is 1.45. The zero-order valence-electron chi connectivity index (χ0n) is 20.1. The van der Waals surface area contributed by atoms with E-state index in [1.807, 2.05) is 31.5 Å². The number of nitrogens with zero attached hydrogens (tertiary/aromatic N) is 2. The Kier molecular flexibility index (Phi) is 7.69. The van der Waals surface area contributed by atoms with Crippen molar-refractivity contribution in [3.05, 3.63) is 90.4 Å². The molecule has 178 valence electrons. The molecule has 7 heteroatoms. The minimum absolute atomic E-state index is 0.157. The normalized spacial score (nSPS) is 11.6. The van der Waals surface area contributed by atoms with Gasteiger partial charge in [0.05, 0.1) is 11.1 Å². The number of aryl methyl sites for hydroxylation is 2. The third-order valence-corrected chi connectivity index (χ3v) is 6.20. The molecule has 6 nitrogen and oxygen atoms in total. The van der Waals surface area contributed by atoms with Crippen molar-refractivity contribution in [2.24, 2.45) is 0 Å². The van der Waals surface area contributed by atoms with Gasteiger partial charge in [-0.2, -0.15) is 0 Å². The molecular weight excluding hydrogens is 448 g/mol. The molecule has 0 aliphatic rings. The van der Waals surface area contributed by atoms with Crippen LogP contribution in [0, 0.1) is 6.92 Å². The molecule has 0 fully saturated rings. The average Bonchev–Trinajstić information content (AvgIpc) is 3.29. The molecule has 0 aliphatic heterocycles. The Hall–Kier alpha value is -3.29. The van der Waals surface area contributed by atoms with Crippen molar-refractivity contribution in [1.82, 2.24) is 4.98 Å². The Bertz CT molecular complexity index is 1320. The molecule has 4 rings (SSSR count). The predicted octanol–water partition coefficient (Wildman–Crippen LogP) is 5.51. The van der Waals surface area contributed by atoms with Gasteiger partial charge < -0.3 is 8.97 Å². The fraction of sp³-hybridized carbons (Fsp3) is 0.259. The van der Waals surface area contributed by atoms with Crippen LogP contribution in [0.5, 0.6) is 0 Å². The molecule has 0 bridgehead atoms. The summed E-state index contributed by atoms with van der Waals surface area (Å²) in [6.07, 6.45) is 5.87. The van der Waals surface area contributed by atoms with Gasteiger partial charge in [0.2, 0.25) is 5.89 Å². The molecule has 0 amide bonds. The zero-order chi connectivity index (χ0) is 24.9. The Morgan fingerprint density at radius 3 is 2.00 bits per heavy atom. The van der Waals surface area contributed by atoms with Gasteiger partial charge in [-0.25, -0.2) is 18.0 Å². The Balaban J connectivity index is 0.000000248. The molecule has 0 atom stereocenters. The summed E-state index contributed by atoms with van der Waals surface area (Å²) in [7, 11) is -4.27. The van der Waals surface area contributed by atoms with Gasteiger partial charge in [-0.3, -0.25) is 0 Å². The number of hydrogen-bond acceptors (Lipinski definition) is 5. The van der Waals surface area contributed by atoms with Crippen LogP contribution in [0.3, 0.4) is 0 Å². The summed E-state index contributed by atoms with van der Waals surface area (Å²) in [5, 5.41) is 0. The summed E-state index contributed by atoms with van der Waals surface area (Å²) in [6, 6.07) is 18.4. The number of pyridine rings is 1. The van der Waals surface area contributed by atoms with Gasteiger partial charge in [-0.05, 0) is 37.0 Å². The number of oxazole rings is 1. The summed E-state index contributed by atoms with van der Waals surface area (Å²) < 4.78 is 39.2. The van der Waals surface area contributed by atoms with Crippen molar-refractivity contribution < 1.29 is 22.0 Å². The summed E-state index contributed by atoms with van der Waals surface area (Å²) in [5.41, 5.74) is 4.44. The Labute approximate surface area is 201 Å². The molecular formula is C27H30N2O4S. The Morgan fingerprint density at radius 1 is 0.912 bits per heavy atom. The van der Waals surface area contributed by atoms with Gasteiger partial charge in [0.15, 0.2) is 18.2 Å². The largest absolute Gasteiger partial charge is 0.744 e. The summed E-state index contributed by atoms with van der Waals surface area (Å²) in [4.78, 5) is 4.24. The quantitative estimate of drug-likeness (QED) is 0.285. The van der Waals surface area contributed by atoms with E-state index in [0.717, 1.165) is 29.0 Å². The van der Waals surface area contributed by atoms with E-state index in [-0.39, 0.29) is 10.3 Å². The molecule has 4 aromatic rings. The first-order chi connectivity index (χ1) is 16.0. The number of benzene rings is 2. The van der Waals surface area contributed by atoms with Crippen molar-refractivity contribution in [3.63, 3.8) is 0 Å². The predicted molar refractivity (Wildman–Crippen MR) is 131 cm³/mol. The Morgan fingerprint density at radius 2 is 1.50 bits per heavy atom. The molecule has 0 spiro atoms. The number of rotatable bonds is 4. The molecule has 0 saturated carbocycles. The van der Waals surface area contributed by atoms with Crippen molar-refractivity contribution in [2.45, 2.75) is 51.5 Å². The first-order valence-corrected chi connectivity index (χ1v) is 12.5. The highest BCUT2D eigenvalue weighted by molar-refractivity contribution is 7.85. The molecule has 0 saturated heterocycles. The van der Waals surface area contributed by atoms with Gasteiger partial charge in [0.1, 0.15) is 16.7 Å². The molecule has 2 aromatic heterocycles. The lowest BCUT2D eigenvalue weighted by atomic mass is 9.86. The van der Waals surface area contributed by atoms with Crippen LogP contribution in [0.2, 0.25) is 0 Å². The lowest BCUT2D eigenvalue weighted by Gasteiger charge is -2.18. The van der Waals surface area contributed by atoms with Crippen molar-refractivity contribution in [2.75, 3.05) is 0 Å². The molecule has 0 radical (unpaired) electrons. The maximum absolute atomic E-state index is 10.4.